The molecule has 1 aromatic rings. The zero-order valence-electron chi connectivity index (χ0n) is 11.1. The summed E-state index contributed by atoms with van der Waals surface area (Å²) in [5.41, 5.74) is 1.81. The molecule has 1 atom stereocenters. The van der Waals surface area contributed by atoms with E-state index in [0.29, 0.717) is 12.0 Å². The molecule has 0 saturated heterocycles. The second kappa shape index (κ2) is 7.17. The van der Waals surface area contributed by atoms with Crippen LogP contribution < -0.4 is 0 Å². The number of aryl methyl sites for hydroxylation is 1. The van der Waals surface area contributed by atoms with Crippen LogP contribution in [0.1, 0.15) is 67.1 Å². The lowest BCUT2D eigenvalue weighted by molar-refractivity contribution is 0.0687. The molecule has 0 aliphatic carbocycles. The number of aliphatic hydroxyl groups excluding tert-OH is 1. The minimum atomic E-state index is -0.960. The summed E-state index contributed by atoms with van der Waals surface area (Å²) in [6, 6.07) is 5.25. The summed E-state index contributed by atoms with van der Waals surface area (Å²) in [4.78, 5) is 11.2. The van der Waals surface area contributed by atoms with Crippen molar-refractivity contribution in [3.8, 4) is 0 Å². The first-order chi connectivity index (χ1) is 8.61. The molecule has 0 fully saturated rings. The Morgan fingerprint density at radius 3 is 2.56 bits per heavy atom. The predicted octanol–water partition coefficient (Wildman–Crippen LogP) is 3.56. The number of unbranched alkanes of at least 4 members (excludes halogenated alkanes) is 1. The zero-order valence-corrected chi connectivity index (χ0v) is 11.1. The average Bonchev–Trinajstić information content (AvgIpc) is 2.36. The summed E-state index contributed by atoms with van der Waals surface area (Å²) in [6.07, 6.45) is 3.60. The van der Waals surface area contributed by atoms with E-state index in [1.54, 1.807) is 12.1 Å². The minimum Gasteiger partial charge on any atom is -0.478 e. The topological polar surface area (TPSA) is 57.5 Å². The lowest BCUT2D eigenvalue weighted by atomic mass is 9.91. The van der Waals surface area contributed by atoms with E-state index in [1.165, 1.54) is 0 Å². The van der Waals surface area contributed by atoms with Gasteiger partial charge in [0.15, 0.2) is 0 Å². The molecule has 18 heavy (non-hydrogen) atoms. The summed E-state index contributed by atoms with van der Waals surface area (Å²) >= 11 is 0. The first kappa shape index (κ1) is 14.7. The molecule has 3 nitrogen and oxygen atoms in total. The number of carbonyl (C=O) groups is 1. The predicted molar refractivity (Wildman–Crippen MR) is 71.9 cm³/mol. The van der Waals surface area contributed by atoms with Gasteiger partial charge in [0.2, 0.25) is 0 Å². The fourth-order valence-electron chi connectivity index (χ4n) is 2.22. The lowest BCUT2D eigenvalue weighted by Gasteiger charge is -2.17. The molecule has 1 rings (SSSR count). The van der Waals surface area contributed by atoms with Gasteiger partial charge in [-0.1, -0.05) is 45.2 Å². The number of rotatable bonds is 7. The van der Waals surface area contributed by atoms with E-state index in [-0.39, 0.29) is 5.56 Å². The molecule has 1 aromatic carbocycles. The van der Waals surface area contributed by atoms with Crippen molar-refractivity contribution in [2.75, 3.05) is 0 Å². The van der Waals surface area contributed by atoms with Gasteiger partial charge in [-0.3, -0.25) is 0 Å². The number of carboxylic acids is 1. The highest BCUT2D eigenvalue weighted by molar-refractivity contribution is 5.90. The zero-order chi connectivity index (χ0) is 13.5. The highest BCUT2D eigenvalue weighted by Gasteiger charge is 2.19. The number of benzene rings is 1. The Hall–Kier alpha value is -1.35. The van der Waals surface area contributed by atoms with Crippen LogP contribution >= 0.6 is 0 Å². The van der Waals surface area contributed by atoms with E-state index in [9.17, 15) is 15.0 Å². The van der Waals surface area contributed by atoms with Crippen molar-refractivity contribution in [1.29, 1.82) is 0 Å². The van der Waals surface area contributed by atoms with Crippen molar-refractivity contribution in [2.24, 2.45) is 0 Å². The highest BCUT2D eigenvalue weighted by Crippen LogP contribution is 2.27. The van der Waals surface area contributed by atoms with E-state index in [0.717, 1.165) is 31.2 Å². The second-order valence-corrected chi connectivity index (χ2v) is 4.59. The van der Waals surface area contributed by atoms with Gasteiger partial charge in [0, 0.05) is 0 Å². The van der Waals surface area contributed by atoms with Crippen LogP contribution in [0.15, 0.2) is 18.2 Å². The number of aliphatic hydroxyl groups is 1. The van der Waals surface area contributed by atoms with Crippen LogP contribution in [-0.2, 0) is 6.42 Å². The van der Waals surface area contributed by atoms with Crippen LogP contribution in [0.4, 0.5) is 0 Å². The maximum Gasteiger partial charge on any atom is 0.336 e. The van der Waals surface area contributed by atoms with Crippen molar-refractivity contribution in [3.63, 3.8) is 0 Å². The quantitative estimate of drug-likeness (QED) is 0.778. The third-order valence-electron chi connectivity index (χ3n) is 3.11. The van der Waals surface area contributed by atoms with Crippen molar-refractivity contribution < 1.29 is 15.0 Å². The molecule has 100 valence electrons. The standard InChI is InChI=1S/C15H22O3/c1-3-5-10-13(16)14-11(7-4-2)8-6-9-12(14)15(17)18/h6,8-9,13,16H,3-5,7,10H2,1-2H3,(H,17,18). The van der Waals surface area contributed by atoms with Crippen LogP contribution in [0.5, 0.6) is 0 Å². The molecule has 1 unspecified atom stereocenters. The van der Waals surface area contributed by atoms with Gasteiger partial charge in [0.1, 0.15) is 0 Å². The third-order valence-corrected chi connectivity index (χ3v) is 3.11. The monoisotopic (exact) mass is 250 g/mol. The second-order valence-electron chi connectivity index (χ2n) is 4.59. The summed E-state index contributed by atoms with van der Waals surface area (Å²) in [7, 11) is 0. The SMILES string of the molecule is CCCCC(O)c1c(CCC)cccc1C(=O)O. The van der Waals surface area contributed by atoms with E-state index < -0.39 is 12.1 Å². The summed E-state index contributed by atoms with van der Waals surface area (Å²) in [5.74, 6) is -0.960. The van der Waals surface area contributed by atoms with Crippen molar-refractivity contribution in [3.05, 3.63) is 34.9 Å². The maximum absolute atomic E-state index is 11.2. The first-order valence-electron chi connectivity index (χ1n) is 6.64. The maximum atomic E-state index is 11.2. The smallest absolute Gasteiger partial charge is 0.336 e. The Kier molecular flexibility index (Phi) is 5.86. The van der Waals surface area contributed by atoms with Crippen LogP contribution in [0, 0.1) is 0 Å². The van der Waals surface area contributed by atoms with E-state index in [2.05, 4.69) is 13.8 Å². The van der Waals surface area contributed by atoms with Gasteiger partial charge >= 0.3 is 5.97 Å². The molecule has 0 saturated carbocycles. The van der Waals surface area contributed by atoms with Crippen molar-refractivity contribution in [2.45, 2.75) is 52.1 Å². The number of aromatic carboxylic acids is 1. The molecule has 0 radical (unpaired) electrons. The molecule has 0 aliphatic rings. The lowest BCUT2D eigenvalue weighted by Crippen LogP contribution is -2.10. The first-order valence-corrected chi connectivity index (χ1v) is 6.64. The molecule has 0 bridgehead atoms. The Balaban J connectivity index is 3.13. The van der Waals surface area contributed by atoms with Crippen molar-refractivity contribution >= 4 is 5.97 Å². The fourth-order valence-corrected chi connectivity index (χ4v) is 2.22. The summed E-state index contributed by atoms with van der Waals surface area (Å²) in [6.45, 7) is 4.11. The van der Waals surface area contributed by atoms with Gasteiger partial charge in [0.25, 0.3) is 0 Å². The number of carboxylic acid groups (broad SMARTS) is 1. The molecular weight excluding hydrogens is 228 g/mol. The average molecular weight is 250 g/mol. The number of hydrogen-bond donors (Lipinski definition) is 2. The van der Waals surface area contributed by atoms with E-state index in [4.69, 9.17) is 0 Å². The molecule has 0 aromatic heterocycles. The van der Waals surface area contributed by atoms with Gasteiger partial charge in [0.05, 0.1) is 11.7 Å². The van der Waals surface area contributed by atoms with Crippen molar-refractivity contribution in [1.82, 2.24) is 0 Å². The van der Waals surface area contributed by atoms with Gasteiger partial charge < -0.3 is 10.2 Å². The molecule has 0 aliphatic heterocycles. The van der Waals surface area contributed by atoms with E-state index >= 15 is 0 Å². The summed E-state index contributed by atoms with van der Waals surface area (Å²) in [5, 5.41) is 19.4. The van der Waals surface area contributed by atoms with Gasteiger partial charge in [-0.15, -0.1) is 0 Å². The Bertz CT molecular complexity index is 399. The molecular formula is C15H22O3. The minimum absolute atomic E-state index is 0.240. The van der Waals surface area contributed by atoms with Gasteiger partial charge in [-0.05, 0) is 30.0 Å². The molecule has 0 spiro atoms. The molecule has 2 N–H and O–H groups in total. The van der Waals surface area contributed by atoms with Crippen LogP contribution in [0.3, 0.4) is 0 Å². The third kappa shape index (κ3) is 3.57. The summed E-state index contributed by atoms with van der Waals surface area (Å²) < 4.78 is 0. The van der Waals surface area contributed by atoms with E-state index in [1.807, 2.05) is 6.07 Å². The Morgan fingerprint density at radius 2 is 2.00 bits per heavy atom. The largest absolute Gasteiger partial charge is 0.478 e. The normalized spacial score (nSPS) is 12.4. The number of hydrogen-bond acceptors (Lipinski definition) is 2. The fraction of sp³-hybridized carbons (Fsp3) is 0.533. The van der Waals surface area contributed by atoms with Crippen LogP contribution in [0.25, 0.3) is 0 Å². The van der Waals surface area contributed by atoms with Gasteiger partial charge in [-0.2, -0.15) is 0 Å². The van der Waals surface area contributed by atoms with Crippen LogP contribution in [-0.4, -0.2) is 16.2 Å². The Morgan fingerprint density at radius 1 is 1.28 bits per heavy atom. The molecule has 0 heterocycles. The van der Waals surface area contributed by atoms with Gasteiger partial charge in [-0.25, -0.2) is 4.79 Å². The Labute approximate surface area is 108 Å². The molecule has 3 heteroatoms. The molecule has 0 amide bonds. The highest BCUT2D eigenvalue weighted by atomic mass is 16.4. The van der Waals surface area contributed by atoms with Crippen LogP contribution in [0.2, 0.25) is 0 Å².